The van der Waals surface area contributed by atoms with Crippen LogP contribution < -0.4 is 4.74 Å². The molecule has 1 aromatic carbocycles. The maximum Gasteiger partial charge on any atom is 0.208 e. The summed E-state index contributed by atoms with van der Waals surface area (Å²) in [6.07, 6.45) is 1.49. The Morgan fingerprint density at radius 1 is 1.41 bits per heavy atom. The quantitative estimate of drug-likeness (QED) is 0.450. The van der Waals surface area contributed by atoms with Crippen LogP contribution in [0, 0.1) is 11.3 Å². The summed E-state index contributed by atoms with van der Waals surface area (Å²) in [7, 11) is 5.01. The van der Waals surface area contributed by atoms with Crippen molar-refractivity contribution in [3.05, 3.63) is 41.6 Å². The van der Waals surface area contributed by atoms with Gasteiger partial charge in [0.1, 0.15) is 17.4 Å². The van der Waals surface area contributed by atoms with E-state index < -0.39 is 0 Å². The zero-order chi connectivity index (χ0) is 12.8. The topological polar surface area (TPSA) is 53.3 Å². The maximum atomic E-state index is 12.1. The highest BCUT2D eigenvalue weighted by Crippen LogP contribution is 2.20. The monoisotopic (exact) mass is 230 g/mol. The van der Waals surface area contributed by atoms with Gasteiger partial charge in [-0.3, -0.25) is 4.79 Å². The molecular weight excluding hydrogens is 216 g/mol. The molecule has 17 heavy (non-hydrogen) atoms. The van der Waals surface area contributed by atoms with Crippen LogP contribution in [0.3, 0.4) is 0 Å². The minimum Gasteiger partial charge on any atom is -0.496 e. The van der Waals surface area contributed by atoms with Crippen molar-refractivity contribution in [3.63, 3.8) is 0 Å². The molecule has 0 saturated heterocycles. The van der Waals surface area contributed by atoms with Gasteiger partial charge in [-0.1, -0.05) is 12.1 Å². The van der Waals surface area contributed by atoms with Crippen molar-refractivity contribution in [2.24, 2.45) is 0 Å². The van der Waals surface area contributed by atoms with E-state index >= 15 is 0 Å². The van der Waals surface area contributed by atoms with Gasteiger partial charge >= 0.3 is 0 Å². The molecule has 1 aromatic rings. The number of allylic oxidation sites excluding steroid dienone is 1. The summed E-state index contributed by atoms with van der Waals surface area (Å²) in [5, 5.41) is 8.96. The summed E-state index contributed by atoms with van der Waals surface area (Å²) in [6.45, 7) is 0. The third-order valence-corrected chi connectivity index (χ3v) is 2.10. The van der Waals surface area contributed by atoms with E-state index in [-0.39, 0.29) is 11.4 Å². The number of nitrogens with zero attached hydrogens (tertiary/aromatic N) is 2. The smallest absolute Gasteiger partial charge is 0.208 e. The van der Waals surface area contributed by atoms with Crippen molar-refractivity contribution in [1.82, 2.24) is 4.90 Å². The lowest BCUT2D eigenvalue weighted by Gasteiger charge is -2.08. The molecule has 0 aliphatic carbocycles. The first-order valence-corrected chi connectivity index (χ1v) is 5.06. The van der Waals surface area contributed by atoms with Gasteiger partial charge in [0, 0.05) is 20.3 Å². The van der Waals surface area contributed by atoms with E-state index in [1.54, 1.807) is 43.3 Å². The fourth-order valence-corrected chi connectivity index (χ4v) is 1.37. The number of ether oxygens (including phenoxy) is 1. The van der Waals surface area contributed by atoms with Crippen molar-refractivity contribution in [2.75, 3.05) is 21.2 Å². The largest absolute Gasteiger partial charge is 0.496 e. The number of carbonyl (C=O) groups is 1. The molecule has 0 N–H and O–H groups in total. The number of benzene rings is 1. The Morgan fingerprint density at radius 2 is 2.06 bits per heavy atom. The molecule has 0 aliphatic rings. The molecule has 0 saturated carbocycles. The van der Waals surface area contributed by atoms with Crippen molar-refractivity contribution < 1.29 is 9.53 Å². The SMILES string of the molecule is COc1ccccc1C(=O)/C(C#N)=C/N(C)C. The fourth-order valence-electron chi connectivity index (χ4n) is 1.37. The van der Waals surface area contributed by atoms with Gasteiger partial charge < -0.3 is 9.64 Å². The molecule has 0 radical (unpaired) electrons. The van der Waals surface area contributed by atoms with Crippen LogP contribution in [0.2, 0.25) is 0 Å². The van der Waals surface area contributed by atoms with Crippen LogP contribution >= 0.6 is 0 Å². The number of rotatable bonds is 4. The third kappa shape index (κ3) is 3.08. The van der Waals surface area contributed by atoms with E-state index in [1.807, 2.05) is 6.07 Å². The first kappa shape index (κ1) is 12.8. The number of methoxy groups -OCH3 is 1. The third-order valence-electron chi connectivity index (χ3n) is 2.10. The standard InChI is InChI=1S/C13H14N2O2/c1-15(2)9-10(8-14)13(16)11-6-4-5-7-12(11)17-3/h4-7,9H,1-3H3/b10-9+. The average Bonchev–Trinajstić information content (AvgIpc) is 2.34. The molecule has 1 rings (SSSR count). The first-order chi connectivity index (χ1) is 8.10. The Morgan fingerprint density at radius 3 is 2.59 bits per heavy atom. The van der Waals surface area contributed by atoms with Crippen molar-refractivity contribution in [2.45, 2.75) is 0 Å². The van der Waals surface area contributed by atoms with Gasteiger partial charge in [-0.05, 0) is 12.1 Å². The first-order valence-electron chi connectivity index (χ1n) is 5.06. The van der Waals surface area contributed by atoms with Gasteiger partial charge in [0.25, 0.3) is 0 Å². The molecular formula is C13H14N2O2. The van der Waals surface area contributed by atoms with Crippen molar-refractivity contribution in [1.29, 1.82) is 5.26 Å². The second-order valence-electron chi connectivity index (χ2n) is 3.65. The van der Waals surface area contributed by atoms with E-state index in [2.05, 4.69) is 0 Å². The summed E-state index contributed by atoms with van der Waals surface area (Å²) in [6, 6.07) is 8.74. The summed E-state index contributed by atoms with van der Waals surface area (Å²) in [4.78, 5) is 13.8. The second-order valence-corrected chi connectivity index (χ2v) is 3.65. The number of hydrogen-bond acceptors (Lipinski definition) is 4. The zero-order valence-electron chi connectivity index (χ0n) is 10.1. The van der Waals surface area contributed by atoms with Crippen molar-refractivity contribution in [3.8, 4) is 11.8 Å². The lowest BCUT2D eigenvalue weighted by molar-refractivity contribution is 0.103. The van der Waals surface area contributed by atoms with Gasteiger partial charge in [-0.25, -0.2) is 0 Å². The normalized spacial score (nSPS) is 10.6. The van der Waals surface area contributed by atoms with Gasteiger partial charge in [0.2, 0.25) is 5.78 Å². The molecule has 0 aromatic heterocycles. The van der Waals surface area contributed by atoms with Gasteiger partial charge in [-0.15, -0.1) is 0 Å². The van der Waals surface area contributed by atoms with E-state index in [0.29, 0.717) is 11.3 Å². The van der Waals surface area contributed by atoms with E-state index in [0.717, 1.165) is 0 Å². The minimum atomic E-state index is -0.335. The molecule has 4 nitrogen and oxygen atoms in total. The molecule has 4 heteroatoms. The number of Topliss-reactive ketones (excluding diaryl/α,β-unsaturated/α-hetero) is 1. The van der Waals surface area contributed by atoms with Crippen LogP contribution in [0.1, 0.15) is 10.4 Å². The zero-order valence-corrected chi connectivity index (χ0v) is 10.1. The second kappa shape index (κ2) is 5.71. The molecule has 0 amide bonds. The Kier molecular flexibility index (Phi) is 4.29. The molecule has 0 aliphatic heterocycles. The van der Waals surface area contributed by atoms with E-state index in [1.165, 1.54) is 13.3 Å². The number of nitriles is 1. The lowest BCUT2D eigenvalue weighted by Crippen LogP contribution is -2.09. The van der Waals surface area contributed by atoms with Crippen molar-refractivity contribution >= 4 is 5.78 Å². The summed E-state index contributed by atoms with van der Waals surface area (Å²) in [5.41, 5.74) is 0.476. The Balaban J connectivity index is 3.16. The number of hydrogen-bond donors (Lipinski definition) is 0. The highest BCUT2D eigenvalue weighted by atomic mass is 16.5. The van der Waals surface area contributed by atoms with Crippen LogP contribution in [0.4, 0.5) is 0 Å². The molecule has 88 valence electrons. The van der Waals surface area contributed by atoms with Gasteiger partial charge in [-0.2, -0.15) is 5.26 Å². The summed E-state index contributed by atoms with van der Waals surface area (Å²) >= 11 is 0. The predicted molar refractivity (Wildman–Crippen MR) is 64.7 cm³/mol. The average molecular weight is 230 g/mol. The molecule has 0 bridgehead atoms. The molecule has 0 heterocycles. The van der Waals surface area contributed by atoms with Crippen LogP contribution in [-0.4, -0.2) is 31.9 Å². The number of carbonyl (C=O) groups excluding carboxylic acids is 1. The Bertz CT molecular complexity index is 484. The number of ketones is 1. The van der Waals surface area contributed by atoms with Crippen LogP contribution in [-0.2, 0) is 0 Å². The van der Waals surface area contributed by atoms with Gasteiger partial charge in [0.15, 0.2) is 0 Å². The fraction of sp³-hybridized carbons (Fsp3) is 0.231. The highest BCUT2D eigenvalue weighted by Gasteiger charge is 2.16. The van der Waals surface area contributed by atoms with E-state index in [4.69, 9.17) is 10.00 Å². The summed E-state index contributed by atoms with van der Waals surface area (Å²) < 4.78 is 5.10. The minimum absolute atomic E-state index is 0.0829. The predicted octanol–water partition coefficient (Wildman–Crippen LogP) is 1.85. The Labute approximate surface area is 101 Å². The molecule has 0 atom stereocenters. The molecule has 0 spiro atoms. The summed E-state index contributed by atoms with van der Waals surface area (Å²) in [5.74, 6) is 0.135. The van der Waals surface area contributed by atoms with Crippen LogP contribution in [0.5, 0.6) is 5.75 Å². The van der Waals surface area contributed by atoms with Crippen LogP contribution in [0.15, 0.2) is 36.0 Å². The Hall–Kier alpha value is -2.28. The molecule has 0 unspecified atom stereocenters. The van der Waals surface area contributed by atoms with E-state index in [9.17, 15) is 4.79 Å². The van der Waals surface area contributed by atoms with Gasteiger partial charge in [0.05, 0.1) is 12.7 Å². The maximum absolute atomic E-state index is 12.1. The lowest BCUT2D eigenvalue weighted by atomic mass is 10.0. The highest BCUT2D eigenvalue weighted by molar-refractivity contribution is 6.12. The van der Waals surface area contributed by atoms with Crippen LogP contribution in [0.25, 0.3) is 0 Å². The molecule has 0 fully saturated rings. The number of para-hydroxylation sites is 1.